The molecule has 2 fully saturated rings. The summed E-state index contributed by atoms with van der Waals surface area (Å²) in [5.74, 6) is 0.911. The number of nitrogens with zero attached hydrogens (tertiary/aromatic N) is 1. The molecule has 8 heteroatoms. The molecule has 2 aromatic carbocycles. The first-order chi connectivity index (χ1) is 14.5. The zero-order chi connectivity index (χ0) is 22.4. The summed E-state index contributed by atoms with van der Waals surface area (Å²) in [5, 5.41) is 0. The van der Waals surface area contributed by atoms with Gasteiger partial charge in [-0.2, -0.15) is 13.2 Å². The van der Waals surface area contributed by atoms with Crippen molar-refractivity contribution >= 4 is 21.8 Å². The molecular weight excluding hydrogens is 425 g/mol. The highest BCUT2D eigenvalue weighted by Gasteiger charge is 2.65. The highest BCUT2D eigenvalue weighted by molar-refractivity contribution is 7.92. The van der Waals surface area contributed by atoms with Gasteiger partial charge in [-0.25, -0.2) is 8.42 Å². The molecule has 4 nitrogen and oxygen atoms in total. The van der Waals surface area contributed by atoms with Crippen molar-refractivity contribution in [3.63, 3.8) is 0 Å². The lowest BCUT2D eigenvalue weighted by Gasteiger charge is -2.24. The molecule has 1 saturated carbocycles. The highest BCUT2D eigenvalue weighted by atomic mass is 32.2. The summed E-state index contributed by atoms with van der Waals surface area (Å²) in [7, 11) is -3.33. The number of hydrogen-bond acceptors (Lipinski definition) is 3. The van der Waals surface area contributed by atoms with Crippen LogP contribution < -0.4 is 4.72 Å². The minimum absolute atomic E-state index is 0.00169. The quantitative estimate of drug-likeness (QED) is 0.699. The summed E-state index contributed by atoms with van der Waals surface area (Å²) in [5.41, 5.74) is 1.24. The maximum absolute atomic E-state index is 13.1. The Kier molecular flexibility index (Phi) is 5.42. The van der Waals surface area contributed by atoms with Crippen molar-refractivity contribution in [2.75, 3.05) is 30.6 Å². The molecule has 1 heterocycles. The summed E-state index contributed by atoms with van der Waals surface area (Å²) in [6.45, 7) is 4.55. The predicted molar refractivity (Wildman–Crippen MR) is 116 cm³/mol. The van der Waals surface area contributed by atoms with Crippen LogP contribution in [0.15, 0.2) is 54.6 Å². The Morgan fingerprint density at radius 3 is 2.45 bits per heavy atom. The van der Waals surface area contributed by atoms with Gasteiger partial charge in [0.15, 0.2) is 0 Å². The van der Waals surface area contributed by atoms with E-state index in [1.165, 1.54) is 12.1 Å². The minimum atomic E-state index is -4.36. The molecule has 1 aliphatic carbocycles. The number of sulfonamides is 1. The molecule has 0 bridgehead atoms. The van der Waals surface area contributed by atoms with Crippen molar-refractivity contribution in [1.29, 1.82) is 0 Å². The fourth-order valence-electron chi connectivity index (χ4n) is 4.90. The van der Waals surface area contributed by atoms with Gasteiger partial charge in [0.2, 0.25) is 10.0 Å². The lowest BCUT2D eigenvalue weighted by atomic mass is 9.92. The largest absolute Gasteiger partial charge is 0.416 e. The smallest absolute Gasteiger partial charge is 0.299 e. The molecule has 1 aliphatic heterocycles. The molecule has 1 saturated heterocycles. The van der Waals surface area contributed by atoms with Gasteiger partial charge in [0.25, 0.3) is 0 Å². The number of fused-ring (bicyclic) bond motifs is 1. The van der Waals surface area contributed by atoms with E-state index in [2.05, 4.69) is 16.5 Å². The molecule has 4 rings (SSSR count). The number of halogens is 3. The number of likely N-dealkylation sites (tertiary alicyclic amines) is 1. The van der Waals surface area contributed by atoms with Crippen LogP contribution in [-0.2, 0) is 21.6 Å². The highest BCUT2D eigenvalue weighted by Crippen LogP contribution is 2.63. The Balaban J connectivity index is 1.38. The minimum Gasteiger partial charge on any atom is -0.299 e. The summed E-state index contributed by atoms with van der Waals surface area (Å²) < 4.78 is 64.9. The lowest BCUT2D eigenvalue weighted by molar-refractivity contribution is -0.137. The number of alkyl halides is 3. The van der Waals surface area contributed by atoms with Crippen LogP contribution in [0.1, 0.15) is 23.6 Å². The molecule has 2 aliphatic rings. The van der Waals surface area contributed by atoms with Gasteiger partial charge in [0, 0.05) is 30.7 Å². The number of rotatable bonds is 6. The molecule has 31 heavy (non-hydrogen) atoms. The molecule has 166 valence electrons. The van der Waals surface area contributed by atoms with E-state index in [1.807, 2.05) is 18.2 Å². The molecule has 2 aromatic rings. The van der Waals surface area contributed by atoms with Gasteiger partial charge in [-0.15, -0.1) is 0 Å². The van der Waals surface area contributed by atoms with Gasteiger partial charge in [-0.05, 0) is 41.2 Å². The Labute approximate surface area is 180 Å². The lowest BCUT2D eigenvalue weighted by Crippen LogP contribution is -2.29. The van der Waals surface area contributed by atoms with Crippen molar-refractivity contribution in [2.45, 2.75) is 18.5 Å². The summed E-state index contributed by atoms with van der Waals surface area (Å²) >= 11 is 0. The fourth-order valence-corrected chi connectivity index (χ4v) is 5.46. The van der Waals surface area contributed by atoms with E-state index < -0.39 is 21.8 Å². The second kappa shape index (κ2) is 7.67. The van der Waals surface area contributed by atoms with E-state index in [0.717, 1.165) is 31.0 Å². The molecular formula is C23H25F3N2O2S. The zero-order valence-electron chi connectivity index (χ0n) is 17.4. The Bertz CT molecular complexity index is 1100. The second-order valence-corrected chi connectivity index (χ2v) is 10.4. The predicted octanol–water partition coefficient (Wildman–Crippen LogP) is 4.61. The SMILES string of the molecule is CC1(c2cccc(NS(C)(=O)=O)c2)C2CN(C/C=C/c3ccccc3C(F)(F)F)CC21. The van der Waals surface area contributed by atoms with Crippen LogP contribution in [-0.4, -0.2) is 39.2 Å². The molecule has 0 amide bonds. The average Bonchev–Trinajstić information content (AvgIpc) is 3.02. The van der Waals surface area contributed by atoms with Crippen molar-refractivity contribution in [2.24, 2.45) is 11.8 Å². The zero-order valence-corrected chi connectivity index (χ0v) is 18.2. The average molecular weight is 451 g/mol. The molecule has 2 unspecified atom stereocenters. The van der Waals surface area contributed by atoms with E-state index in [1.54, 1.807) is 24.3 Å². The van der Waals surface area contributed by atoms with Crippen LogP contribution in [0.25, 0.3) is 6.08 Å². The van der Waals surface area contributed by atoms with Crippen LogP contribution in [0, 0.1) is 11.8 Å². The van der Waals surface area contributed by atoms with Crippen molar-refractivity contribution in [3.05, 3.63) is 71.3 Å². The summed E-state index contributed by atoms with van der Waals surface area (Å²) in [6, 6.07) is 13.1. The van der Waals surface area contributed by atoms with Gasteiger partial charge in [-0.1, -0.05) is 49.4 Å². The van der Waals surface area contributed by atoms with Gasteiger partial charge in [0.1, 0.15) is 0 Å². The van der Waals surface area contributed by atoms with Gasteiger partial charge >= 0.3 is 6.18 Å². The van der Waals surface area contributed by atoms with E-state index in [-0.39, 0.29) is 11.0 Å². The number of piperidine rings is 1. The van der Waals surface area contributed by atoms with Crippen molar-refractivity contribution < 1.29 is 21.6 Å². The normalized spacial score (nSPS) is 26.2. The number of benzene rings is 2. The van der Waals surface area contributed by atoms with Crippen LogP contribution in [0.4, 0.5) is 18.9 Å². The fraction of sp³-hybridized carbons (Fsp3) is 0.391. The van der Waals surface area contributed by atoms with E-state index >= 15 is 0 Å². The molecule has 0 spiro atoms. The molecule has 1 N–H and O–H groups in total. The maximum atomic E-state index is 13.1. The van der Waals surface area contributed by atoms with Gasteiger partial charge < -0.3 is 0 Å². The van der Waals surface area contributed by atoms with Crippen molar-refractivity contribution in [1.82, 2.24) is 4.90 Å². The third-order valence-electron chi connectivity index (χ3n) is 6.54. The monoisotopic (exact) mass is 450 g/mol. The molecule has 2 atom stereocenters. The number of nitrogens with one attached hydrogen (secondary N) is 1. The van der Waals surface area contributed by atoms with Crippen molar-refractivity contribution in [3.8, 4) is 0 Å². The van der Waals surface area contributed by atoms with Crippen LogP contribution in [0.5, 0.6) is 0 Å². The Hall–Kier alpha value is -2.32. The summed E-state index contributed by atoms with van der Waals surface area (Å²) in [4.78, 5) is 2.25. The molecule has 0 radical (unpaired) electrons. The second-order valence-electron chi connectivity index (χ2n) is 8.66. The first-order valence-electron chi connectivity index (χ1n) is 10.1. The Morgan fingerprint density at radius 1 is 1.13 bits per heavy atom. The standard InChI is InChI=1S/C23H25F3N2O2S/c1-22(17-9-5-10-18(13-17)27-31(2,29)30)20-14-28(15-21(20)22)12-6-8-16-7-3-4-11-19(16)23(24,25)26/h3-11,13,20-21,27H,12,14-15H2,1-2H3/b8-6+. The number of hydrogen-bond donors (Lipinski definition) is 1. The van der Waals surface area contributed by atoms with Crippen LogP contribution >= 0.6 is 0 Å². The van der Waals surface area contributed by atoms with E-state index in [9.17, 15) is 21.6 Å². The topological polar surface area (TPSA) is 49.4 Å². The van der Waals surface area contributed by atoms with Crippen LogP contribution in [0.2, 0.25) is 0 Å². The van der Waals surface area contributed by atoms with Crippen LogP contribution in [0.3, 0.4) is 0 Å². The Morgan fingerprint density at radius 2 is 1.81 bits per heavy atom. The third kappa shape index (κ3) is 4.50. The molecule has 0 aromatic heterocycles. The third-order valence-corrected chi connectivity index (χ3v) is 7.15. The summed E-state index contributed by atoms with van der Waals surface area (Å²) in [6.07, 6.45) is 0.111. The maximum Gasteiger partial charge on any atom is 0.416 e. The number of anilines is 1. The first kappa shape index (κ1) is 21.9. The first-order valence-corrected chi connectivity index (χ1v) is 12.0. The van der Waals surface area contributed by atoms with E-state index in [0.29, 0.717) is 24.1 Å². The van der Waals surface area contributed by atoms with E-state index in [4.69, 9.17) is 0 Å². The van der Waals surface area contributed by atoms with Gasteiger partial charge in [0.05, 0.1) is 11.8 Å². The van der Waals surface area contributed by atoms with Gasteiger partial charge in [-0.3, -0.25) is 9.62 Å².